The molecule has 3 aliphatic rings. The zero-order valence-corrected chi connectivity index (χ0v) is 20.0. The van der Waals surface area contributed by atoms with Crippen molar-refractivity contribution < 1.29 is 28.5 Å². The molecule has 0 bridgehead atoms. The van der Waals surface area contributed by atoms with Gasteiger partial charge >= 0.3 is 0 Å². The lowest BCUT2D eigenvalue weighted by Crippen LogP contribution is -2.15. The molecule has 1 saturated carbocycles. The Kier molecular flexibility index (Phi) is 6.45. The van der Waals surface area contributed by atoms with Gasteiger partial charge in [-0.15, -0.1) is 0 Å². The molecule has 6 nitrogen and oxygen atoms in total. The molecular weight excluding hydrogens is 432 g/mol. The lowest BCUT2D eigenvalue weighted by Gasteiger charge is -2.17. The molecule has 5 rings (SSSR count). The molecule has 6 heteroatoms. The van der Waals surface area contributed by atoms with E-state index >= 15 is 0 Å². The molecule has 2 aromatic rings. The van der Waals surface area contributed by atoms with Gasteiger partial charge in [-0.3, -0.25) is 9.59 Å². The average molecular weight is 465 g/mol. The number of methoxy groups -OCH3 is 1. The Morgan fingerprint density at radius 3 is 2.59 bits per heavy atom. The Bertz CT molecular complexity index is 1080. The number of carbonyl (C=O) groups is 2. The van der Waals surface area contributed by atoms with Crippen LogP contribution in [0.5, 0.6) is 11.5 Å². The van der Waals surface area contributed by atoms with Gasteiger partial charge in [-0.05, 0) is 54.5 Å². The standard InChI is InChI=1S/C28H32O6/c1-4-25(29)21-11-18(26(30)13-20-23-14-32-15-24(20)23)12-22-27(16(2)34-28(21)22)17-6-5-7-19(10-17)33-9-8-31-3/h5-7,10-12,16,20,23-24,27H,4,8-9,13-15H2,1-3H3/t16-,20?,23-,24+,27+/m1/s1. The largest absolute Gasteiger partial charge is 0.491 e. The number of hydrogen-bond acceptors (Lipinski definition) is 6. The van der Waals surface area contributed by atoms with Crippen molar-refractivity contribution in [2.75, 3.05) is 33.5 Å². The van der Waals surface area contributed by atoms with E-state index in [0.717, 1.165) is 30.1 Å². The number of hydrogen-bond donors (Lipinski definition) is 0. The van der Waals surface area contributed by atoms with E-state index in [4.69, 9.17) is 18.9 Å². The van der Waals surface area contributed by atoms with Crippen LogP contribution in [0.2, 0.25) is 0 Å². The number of carbonyl (C=O) groups excluding carboxylic acids is 2. The summed E-state index contributed by atoms with van der Waals surface area (Å²) in [5.74, 6) is 2.82. The molecule has 34 heavy (non-hydrogen) atoms. The number of ether oxygens (including phenoxy) is 4. The maximum atomic E-state index is 13.3. The number of Topliss-reactive ketones (excluding diaryl/α,β-unsaturated/α-hetero) is 2. The molecule has 180 valence electrons. The third-order valence-corrected chi connectivity index (χ3v) is 7.49. The summed E-state index contributed by atoms with van der Waals surface area (Å²) in [6, 6.07) is 11.6. The number of ketones is 2. The van der Waals surface area contributed by atoms with E-state index in [-0.39, 0.29) is 23.6 Å². The van der Waals surface area contributed by atoms with Crippen LogP contribution in [-0.2, 0) is 9.47 Å². The van der Waals surface area contributed by atoms with Crippen LogP contribution in [0.3, 0.4) is 0 Å². The van der Waals surface area contributed by atoms with Crippen molar-refractivity contribution >= 4 is 11.6 Å². The first-order valence-corrected chi connectivity index (χ1v) is 12.2. The molecule has 0 spiro atoms. The highest BCUT2D eigenvalue weighted by atomic mass is 16.5. The molecule has 0 amide bonds. The third kappa shape index (κ3) is 4.25. The SMILES string of the molecule is CCC(=O)c1cc(C(=O)CC2[C@H]3COC[C@@H]23)cc2c1O[C@H](C)[C@H]2c1cccc(OCCOC)c1. The summed E-state index contributed by atoms with van der Waals surface area (Å²) in [6.45, 7) is 6.36. The number of fused-ring (bicyclic) bond motifs is 2. The number of rotatable bonds is 10. The van der Waals surface area contributed by atoms with E-state index in [0.29, 0.717) is 60.7 Å². The molecule has 2 fully saturated rings. The van der Waals surface area contributed by atoms with Crippen LogP contribution in [0.4, 0.5) is 0 Å². The van der Waals surface area contributed by atoms with Gasteiger partial charge < -0.3 is 18.9 Å². The van der Waals surface area contributed by atoms with Crippen molar-refractivity contribution in [2.24, 2.45) is 17.8 Å². The maximum absolute atomic E-state index is 13.3. The Balaban J connectivity index is 1.47. The predicted molar refractivity (Wildman–Crippen MR) is 127 cm³/mol. The second-order valence-corrected chi connectivity index (χ2v) is 9.59. The van der Waals surface area contributed by atoms with Crippen LogP contribution in [0, 0.1) is 17.8 Å². The summed E-state index contributed by atoms with van der Waals surface area (Å²) in [4.78, 5) is 26.1. The first-order chi connectivity index (χ1) is 16.5. The van der Waals surface area contributed by atoms with Gasteiger partial charge in [0.25, 0.3) is 0 Å². The molecule has 1 saturated heterocycles. The van der Waals surface area contributed by atoms with Gasteiger partial charge in [-0.2, -0.15) is 0 Å². The molecular formula is C28H32O6. The summed E-state index contributed by atoms with van der Waals surface area (Å²) in [5.41, 5.74) is 3.07. The Hall–Kier alpha value is -2.70. The van der Waals surface area contributed by atoms with E-state index in [2.05, 4.69) is 0 Å². The average Bonchev–Trinajstić information content (AvgIpc) is 3.15. The fourth-order valence-electron chi connectivity index (χ4n) is 5.56. The van der Waals surface area contributed by atoms with Crippen LogP contribution in [0.1, 0.15) is 64.4 Å². The second kappa shape index (κ2) is 9.51. The van der Waals surface area contributed by atoms with Gasteiger partial charge in [0.15, 0.2) is 11.6 Å². The zero-order chi connectivity index (χ0) is 23.8. The lowest BCUT2D eigenvalue weighted by molar-refractivity contribution is 0.0950. The summed E-state index contributed by atoms with van der Waals surface area (Å²) < 4.78 is 22.6. The van der Waals surface area contributed by atoms with Crippen molar-refractivity contribution in [1.29, 1.82) is 0 Å². The van der Waals surface area contributed by atoms with Crippen molar-refractivity contribution in [1.82, 2.24) is 0 Å². The monoisotopic (exact) mass is 464 g/mol. The fraction of sp³-hybridized carbons (Fsp3) is 0.500. The predicted octanol–water partition coefficient (Wildman–Crippen LogP) is 4.68. The molecule has 0 aromatic heterocycles. The third-order valence-electron chi connectivity index (χ3n) is 7.49. The molecule has 1 aliphatic carbocycles. The van der Waals surface area contributed by atoms with Crippen molar-refractivity contribution in [3.05, 3.63) is 58.7 Å². The van der Waals surface area contributed by atoms with Gasteiger partial charge in [0.05, 0.1) is 25.4 Å². The van der Waals surface area contributed by atoms with Crippen molar-refractivity contribution in [3.63, 3.8) is 0 Å². The minimum atomic E-state index is -0.169. The summed E-state index contributed by atoms with van der Waals surface area (Å²) in [5, 5.41) is 0. The minimum Gasteiger partial charge on any atom is -0.491 e. The first-order valence-electron chi connectivity index (χ1n) is 12.2. The fourth-order valence-corrected chi connectivity index (χ4v) is 5.56. The van der Waals surface area contributed by atoms with Crippen LogP contribution in [0.25, 0.3) is 0 Å². The quantitative estimate of drug-likeness (QED) is 0.376. The van der Waals surface area contributed by atoms with Crippen molar-refractivity contribution in [2.45, 2.75) is 38.7 Å². The minimum absolute atomic E-state index is 0.00732. The molecule has 2 aromatic carbocycles. The molecule has 2 aliphatic heterocycles. The van der Waals surface area contributed by atoms with Gasteiger partial charge in [-0.25, -0.2) is 0 Å². The van der Waals surface area contributed by atoms with Crippen LogP contribution >= 0.6 is 0 Å². The Morgan fingerprint density at radius 2 is 1.85 bits per heavy atom. The van der Waals surface area contributed by atoms with Crippen molar-refractivity contribution in [3.8, 4) is 11.5 Å². The Labute approximate surface area is 200 Å². The molecule has 1 unspecified atom stereocenters. The van der Waals surface area contributed by atoms with Gasteiger partial charge in [0.2, 0.25) is 0 Å². The van der Waals surface area contributed by atoms with E-state index in [1.54, 1.807) is 13.2 Å². The maximum Gasteiger partial charge on any atom is 0.166 e. The second-order valence-electron chi connectivity index (χ2n) is 9.59. The van der Waals surface area contributed by atoms with Crippen LogP contribution < -0.4 is 9.47 Å². The van der Waals surface area contributed by atoms with Crippen LogP contribution in [-0.4, -0.2) is 51.2 Å². The first kappa shape index (κ1) is 23.1. The van der Waals surface area contributed by atoms with E-state index in [9.17, 15) is 9.59 Å². The van der Waals surface area contributed by atoms with Gasteiger partial charge in [0.1, 0.15) is 24.2 Å². The highest BCUT2D eigenvalue weighted by Crippen LogP contribution is 2.53. The molecule has 5 atom stereocenters. The van der Waals surface area contributed by atoms with Crippen LogP contribution in [0.15, 0.2) is 36.4 Å². The Morgan fingerprint density at radius 1 is 1.06 bits per heavy atom. The van der Waals surface area contributed by atoms with E-state index in [1.807, 2.05) is 44.2 Å². The smallest absolute Gasteiger partial charge is 0.166 e. The summed E-state index contributed by atoms with van der Waals surface area (Å²) in [7, 11) is 1.64. The summed E-state index contributed by atoms with van der Waals surface area (Å²) in [6.07, 6.45) is 0.707. The van der Waals surface area contributed by atoms with E-state index in [1.165, 1.54) is 0 Å². The highest BCUT2D eigenvalue weighted by molar-refractivity contribution is 6.04. The molecule has 0 N–H and O–H groups in total. The molecule has 2 heterocycles. The number of benzene rings is 2. The normalized spacial score (nSPS) is 26.5. The topological polar surface area (TPSA) is 71.1 Å². The summed E-state index contributed by atoms with van der Waals surface area (Å²) >= 11 is 0. The lowest BCUT2D eigenvalue weighted by atomic mass is 9.85. The zero-order valence-electron chi connectivity index (χ0n) is 20.0. The highest BCUT2D eigenvalue weighted by Gasteiger charge is 2.54. The van der Waals surface area contributed by atoms with Gasteiger partial charge in [-0.1, -0.05) is 19.1 Å². The molecule has 0 radical (unpaired) electrons. The van der Waals surface area contributed by atoms with Gasteiger partial charge in [0, 0.05) is 37.0 Å². The van der Waals surface area contributed by atoms with E-state index < -0.39 is 0 Å².